The van der Waals surface area contributed by atoms with E-state index in [1.807, 2.05) is 0 Å². The van der Waals surface area contributed by atoms with Gasteiger partial charge in [-0.3, -0.25) is 9.80 Å². The number of thiocarbonyl (C=S) groups is 1. The fourth-order valence-corrected chi connectivity index (χ4v) is 1.39. The number of hydrazine groups is 1. The van der Waals surface area contributed by atoms with E-state index in [0.717, 1.165) is 0 Å². The lowest BCUT2D eigenvalue weighted by atomic mass is 10.8. The maximum absolute atomic E-state index is 10.4. The molecule has 0 saturated carbocycles. The highest BCUT2D eigenvalue weighted by Gasteiger charge is 2.03. The van der Waals surface area contributed by atoms with Crippen LogP contribution in [0.4, 0.5) is 0 Å². The largest absolute Gasteiger partial charge is 0.465 e. The summed E-state index contributed by atoms with van der Waals surface area (Å²) in [5.41, 5.74) is 0. The Bertz CT molecular complexity index is 269. The van der Waals surface area contributed by atoms with Crippen molar-refractivity contribution in [2.45, 2.75) is 6.92 Å². The van der Waals surface area contributed by atoms with Crippen molar-refractivity contribution in [3.8, 4) is 0 Å². The van der Waals surface area contributed by atoms with Crippen molar-refractivity contribution in [2.24, 2.45) is 10.8 Å². The van der Waals surface area contributed by atoms with Gasteiger partial charge in [0.1, 0.15) is 12.9 Å². The fraction of sp³-hybridized carbons (Fsp3) is 0.375. The van der Waals surface area contributed by atoms with E-state index in [0.29, 0.717) is 16.7 Å². The Hall–Kier alpha value is -0.920. The number of hydrogen-bond donors (Lipinski definition) is 1. The lowest BCUT2D eigenvalue weighted by Crippen LogP contribution is -2.33. The summed E-state index contributed by atoms with van der Waals surface area (Å²) in [7, 11) is 0. The lowest BCUT2D eigenvalue weighted by molar-refractivity contribution is -0.140. The molecule has 84 valence electrons. The zero-order valence-corrected chi connectivity index (χ0v) is 10.0. The van der Waals surface area contributed by atoms with Crippen molar-refractivity contribution >= 4 is 40.6 Å². The Kier molecular flexibility index (Phi) is 7.88. The molecule has 0 radical (unpaired) electrons. The van der Waals surface area contributed by atoms with Crippen LogP contribution in [-0.4, -0.2) is 34.0 Å². The molecule has 0 fully saturated rings. The summed E-state index contributed by atoms with van der Waals surface area (Å²) in [6, 6.07) is 0. The van der Waals surface area contributed by atoms with Crippen LogP contribution in [0.25, 0.3) is 0 Å². The second-order valence-electron chi connectivity index (χ2n) is 2.31. The SMILES string of the molecule is C=CN=CN(N)C(=S)SCCOC(C)=O. The molecule has 0 aliphatic rings. The van der Waals surface area contributed by atoms with Crippen LogP contribution >= 0.6 is 24.0 Å². The van der Waals surface area contributed by atoms with Crippen LogP contribution in [0.3, 0.4) is 0 Å². The quantitative estimate of drug-likeness (QED) is 0.148. The van der Waals surface area contributed by atoms with Gasteiger partial charge in [0.2, 0.25) is 0 Å². The van der Waals surface area contributed by atoms with Crippen molar-refractivity contribution in [1.82, 2.24) is 5.01 Å². The highest BCUT2D eigenvalue weighted by atomic mass is 32.2. The van der Waals surface area contributed by atoms with Gasteiger partial charge in [-0.2, -0.15) is 0 Å². The van der Waals surface area contributed by atoms with Crippen molar-refractivity contribution in [2.75, 3.05) is 12.4 Å². The molecule has 0 atom stereocenters. The summed E-state index contributed by atoms with van der Waals surface area (Å²) in [6.45, 7) is 5.07. The molecule has 15 heavy (non-hydrogen) atoms. The second-order valence-corrected chi connectivity index (χ2v) is 4.04. The van der Waals surface area contributed by atoms with Gasteiger partial charge >= 0.3 is 5.97 Å². The van der Waals surface area contributed by atoms with Crippen LogP contribution in [0.5, 0.6) is 0 Å². The maximum Gasteiger partial charge on any atom is 0.302 e. The van der Waals surface area contributed by atoms with Crippen molar-refractivity contribution < 1.29 is 9.53 Å². The number of thioether (sulfide) groups is 1. The van der Waals surface area contributed by atoms with E-state index >= 15 is 0 Å². The van der Waals surface area contributed by atoms with Crippen LogP contribution in [0.2, 0.25) is 0 Å². The molecular formula is C8H13N3O2S2. The molecule has 7 heteroatoms. The average Bonchev–Trinajstić information content (AvgIpc) is 2.20. The number of nitrogens with zero attached hydrogens (tertiary/aromatic N) is 2. The molecule has 2 N–H and O–H groups in total. The van der Waals surface area contributed by atoms with Gasteiger partial charge in [-0.1, -0.05) is 30.6 Å². The molecule has 0 unspecified atom stereocenters. The third kappa shape index (κ3) is 8.10. The predicted molar refractivity (Wildman–Crippen MR) is 66.4 cm³/mol. The zero-order chi connectivity index (χ0) is 11.7. The van der Waals surface area contributed by atoms with Crippen LogP contribution < -0.4 is 5.84 Å². The van der Waals surface area contributed by atoms with E-state index in [-0.39, 0.29) is 5.97 Å². The molecule has 0 rings (SSSR count). The standard InChI is InChI=1S/C8H13N3O2S2/c1-3-10-6-11(9)8(14)15-5-4-13-7(2)12/h3,6H,1,4-5,9H2,2H3. The first kappa shape index (κ1) is 14.1. The van der Waals surface area contributed by atoms with E-state index in [2.05, 4.69) is 11.6 Å². The van der Waals surface area contributed by atoms with E-state index in [9.17, 15) is 4.79 Å². The average molecular weight is 247 g/mol. The van der Waals surface area contributed by atoms with Crippen molar-refractivity contribution in [3.63, 3.8) is 0 Å². The van der Waals surface area contributed by atoms with Crippen molar-refractivity contribution in [1.29, 1.82) is 0 Å². The maximum atomic E-state index is 10.4. The van der Waals surface area contributed by atoms with E-state index < -0.39 is 0 Å². The topological polar surface area (TPSA) is 67.9 Å². The van der Waals surface area contributed by atoms with E-state index in [4.69, 9.17) is 22.8 Å². The third-order valence-electron chi connectivity index (χ3n) is 1.12. The van der Waals surface area contributed by atoms with Crippen LogP contribution in [0.1, 0.15) is 6.92 Å². The van der Waals surface area contributed by atoms with Gasteiger partial charge in [0, 0.05) is 18.9 Å². The molecule has 0 aromatic heterocycles. The molecule has 0 aromatic carbocycles. The minimum absolute atomic E-state index is 0.306. The molecule has 0 aliphatic carbocycles. The fourth-order valence-electron chi connectivity index (χ4n) is 0.555. The summed E-state index contributed by atoms with van der Waals surface area (Å²) in [5, 5.41) is 1.20. The molecule has 5 nitrogen and oxygen atoms in total. The van der Waals surface area contributed by atoms with Crippen molar-refractivity contribution in [3.05, 3.63) is 12.8 Å². The Morgan fingerprint density at radius 3 is 3.00 bits per heavy atom. The lowest BCUT2D eigenvalue weighted by Gasteiger charge is -2.12. The minimum atomic E-state index is -0.306. The van der Waals surface area contributed by atoms with Crippen LogP contribution in [0, 0.1) is 0 Å². The first-order valence-electron chi connectivity index (χ1n) is 4.06. The number of nitrogens with two attached hydrogens (primary N) is 1. The summed E-state index contributed by atoms with van der Waals surface area (Å²) in [6.07, 6.45) is 2.71. The molecular weight excluding hydrogens is 234 g/mol. The normalized spacial score (nSPS) is 10.0. The predicted octanol–water partition coefficient (Wildman–Crippen LogP) is 0.915. The Morgan fingerprint density at radius 1 is 1.80 bits per heavy atom. The zero-order valence-electron chi connectivity index (χ0n) is 8.38. The van der Waals surface area contributed by atoms with Gasteiger partial charge in [0.05, 0.1) is 0 Å². The van der Waals surface area contributed by atoms with Gasteiger partial charge in [-0.25, -0.2) is 10.8 Å². The number of carbonyl (C=O) groups is 1. The number of ether oxygens (including phenoxy) is 1. The van der Waals surface area contributed by atoms with E-state index in [1.54, 1.807) is 0 Å². The number of aliphatic imine (C=N–C) groups is 1. The highest BCUT2D eigenvalue weighted by molar-refractivity contribution is 8.22. The molecule has 0 spiro atoms. The van der Waals surface area contributed by atoms with Gasteiger partial charge in [0.15, 0.2) is 4.32 Å². The summed E-state index contributed by atoms with van der Waals surface area (Å²) in [4.78, 5) is 14.1. The first-order valence-corrected chi connectivity index (χ1v) is 5.45. The monoisotopic (exact) mass is 247 g/mol. The number of hydrogen-bond acceptors (Lipinski definition) is 6. The number of rotatable bonds is 5. The Balaban J connectivity index is 3.68. The Labute approximate surface area is 98.3 Å². The Morgan fingerprint density at radius 2 is 2.47 bits per heavy atom. The van der Waals surface area contributed by atoms with Gasteiger partial charge in [0.25, 0.3) is 0 Å². The molecule has 0 aliphatic heterocycles. The van der Waals surface area contributed by atoms with Crippen LogP contribution in [-0.2, 0) is 9.53 Å². The summed E-state index contributed by atoms with van der Waals surface area (Å²) < 4.78 is 5.18. The molecule has 0 amide bonds. The molecule has 0 aromatic rings. The molecule has 0 heterocycles. The number of esters is 1. The molecule has 0 bridgehead atoms. The van der Waals surface area contributed by atoms with Gasteiger partial charge in [-0.05, 0) is 0 Å². The van der Waals surface area contributed by atoms with Crippen LogP contribution in [0.15, 0.2) is 17.8 Å². The summed E-state index contributed by atoms with van der Waals surface area (Å²) >= 11 is 6.27. The smallest absolute Gasteiger partial charge is 0.302 e. The molecule has 0 saturated heterocycles. The summed E-state index contributed by atoms with van der Waals surface area (Å²) in [5.74, 6) is 5.77. The third-order valence-corrected chi connectivity index (χ3v) is 2.51. The minimum Gasteiger partial charge on any atom is -0.465 e. The number of carbonyl (C=O) groups excluding carboxylic acids is 1. The van der Waals surface area contributed by atoms with E-state index in [1.165, 1.54) is 36.2 Å². The highest BCUT2D eigenvalue weighted by Crippen LogP contribution is 2.05. The van der Waals surface area contributed by atoms with Gasteiger partial charge < -0.3 is 4.74 Å². The van der Waals surface area contributed by atoms with Gasteiger partial charge in [-0.15, -0.1) is 0 Å². The first-order chi connectivity index (χ1) is 7.07. The second kappa shape index (κ2) is 8.39.